The lowest BCUT2D eigenvalue weighted by Crippen LogP contribution is -2.15. The van der Waals surface area contributed by atoms with E-state index in [2.05, 4.69) is 20.3 Å². The Morgan fingerprint density at radius 1 is 1.29 bits per heavy atom. The topological polar surface area (TPSA) is 79.9 Å². The van der Waals surface area contributed by atoms with Crippen molar-refractivity contribution in [1.82, 2.24) is 15.0 Å². The summed E-state index contributed by atoms with van der Waals surface area (Å²) in [5.74, 6) is 0.855. The van der Waals surface area contributed by atoms with E-state index in [9.17, 15) is 4.79 Å². The molecule has 0 spiro atoms. The van der Waals surface area contributed by atoms with Crippen molar-refractivity contribution in [3.63, 3.8) is 0 Å². The lowest BCUT2D eigenvalue weighted by atomic mass is 10.2. The van der Waals surface area contributed by atoms with Gasteiger partial charge in [-0.2, -0.15) is 0 Å². The van der Waals surface area contributed by atoms with Crippen LogP contribution < -0.4 is 10.1 Å². The van der Waals surface area contributed by atoms with Crippen LogP contribution >= 0.6 is 23.4 Å². The molecule has 28 heavy (non-hydrogen) atoms. The molecule has 142 valence electrons. The minimum Gasteiger partial charge on any atom is -0.497 e. The molecule has 2 aromatic carbocycles. The number of anilines is 1. The maximum atomic E-state index is 12.4. The number of aromatic nitrogens is 3. The molecule has 0 unspecified atom stereocenters. The zero-order valence-electron chi connectivity index (χ0n) is 15.2. The number of H-pyrrole nitrogens is 1. The number of carbonyl (C=O) groups is 1. The number of benzene rings is 2. The number of hydrogen-bond donors (Lipinski definition) is 2. The molecule has 4 aromatic rings. The normalized spacial score (nSPS) is 11.1. The molecule has 8 heteroatoms. The van der Waals surface area contributed by atoms with Crippen LogP contribution in [0.3, 0.4) is 0 Å². The van der Waals surface area contributed by atoms with Crippen LogP contribution in [-0.4, -0.2) is 33.7 Å². The van der Waals surface area contributed by atoms with E-state index in [1.54, 1.807) is 13.2 Å². The van der Waals surface area contributed by atoms with Crippen LogP contribution in [0.1, 0.15) is 5.56 Å². The van der Waals surface area contributed by atoms with Crippen molar-refractivity contribution in [3.8, 4) is 5.75 Å². The highest BCUT2D eigenvalue weighted by Gasteiger charge is 2.14. The zero-order chi connectivity index (χ0) is 19.7. The molecule has 0 atom stereocenters. The molecular formula is C20H17ClN4O2S. The fourth-order valence-electron chi connectivity index (χ4n) is 2.95. The minimum atomic E-state index is -0.125. The van der Waals surface area contributed by atoms with Gasteiger partial charge in [-0.05, 0) is 42.8 Å². The number of hydrogen-bond acceptors (Lipinski definition) is 5. The Morgan fingerprint density at radius 3 is 2.96 bits per heavy atom. The number of methoxy groups -OCH3 is 1. The number of nitrogens with zero attached hydrogens (tertiary/aromatic N) is 2. The van der Waals surface area contributed by atoms with Gasteiger partial charge >= 0.3 is 0 Å². The van der Waals surface area contributed by atoms with E-state index in [1.807, 2.05) is 37.3 Å². The van der Waals surface area contributed by atoms with Crippen LogP contribution in [0, 0.1) is 6.92 Å². The van der Waals surface area contributed by atoms with Crippen LogP contribution in [0.15, 0.2) is 47.8 Å². The number of thioether (sulfide) groups is 1. The summed E-state index contributed by atoms with van der Waals surface area (Å²) in [7, 11) is 1.63. The number of nitrogens with one attached hydrogen (secondary N) is 2. The van der Waals surface area contributed by atoms with Crippen LogP contribution in [-0.2, 0) is 4.79 Å². The molecule has 0 aliphatic heterocycles. The largest absolute Gasteiger partial charge is 0.497 e. The SMILES string of the molecule is COc1ccc2[nH]c3c(SCC(=O)Nc4cccc(Cl)c4C)ncnc3c2c1. The van der Waals surface area contributed by atoms with Crippen LogP contribution in [0.4, 0.5) is 5.69 Å². The Balaban J connectivity index is 1.56. The molecule has 6 nitrogen and oxygen atoms in total. The van der Waals surface area contributed by atoms with Crippen molar-refractivity contribution in [3.05, 3.63) is 53.3 Å². The smallest absolute Gasteiger partial charge is 0.234 e. The van der Waals surface area contributed by atoms with Crippen molar-refractivity contribution >= 4 is 56.9 Å². The van der Waals surface area contributed by atoms with E-state index in [1.165, 1.54) is 18.1 Å². The fourth-order valence-corrected chi connectivity index (χ4v) is 3.88. The Labute approximate surface area is 170 Å². The number of ether oxygens (including phenoxy) is 1. The highest BCUT2D eigenvalue weighted by atomic mass is 35.5. The van der Waals surface area contributed by atoms with Crippen molar-refractivity contribution in [2.75, 3.05) is 18.2 Å². The molecule has 0 aliphatic carbocycles. The van der Waals surface area contributed by atoms with Gasteiger partial charge in [-0.15, -0.1) is 0 Å². The summed E-state index contributed by atoms with van der Waals surface area (Å²) in [6, 6.07) is 11.2. The summed E-state index contributed by atoms with van der Waals surface area (Å²) >= 11 is 7.46. The lowest BCUT2D eigenvalue weighted by Gasteiger charge is -2.09. The Bertz CT molecular complexity index is 1190. The molecule has 2 heterocycles. The van der Waals surface area contributed by atoms with Crippen LogP contribution in [0.2, 0.25) is 5.02 Å². The summed E-state index contributed by atoms with van der Waals surface area (Å²) in [6.07, 6.45) is 1.51. The number of carbonyl (C=O) groups excluding carboxylic acids is 1. The Morgan fingerprint density at radius 2 is 2.14 bits per heavy atom. The second kappa shape index (κ2) is 7.69. The maximum absolute atomic E-state index is 12.4. The summed E-state index contributed by atoms with van der Waals surface area (Å²) in [4.78, 5) is 24.5. The molecule has 0 radical (unpaired) electrons. The van der Waals surface area contributed by atoms with E-state index in [0.717, 1.165) is 38.3 Å². The average Bonchev–Trinajstić information content (AvgIpc) is 3.08. The van der Waals surface area contributed by atoms with Crippen molar-refractivity contribution < 1.29 is 9.53 Å². The second-order valence-electron chi connectivity index (χ2n) is 6.19. The van der Waals surface area contributed by atoms with Gasteiger partial charge in [-0.25, -0.2) is 9.97 Å². The van der Waals surface area contributed by atoms with E-state index in [-0.39, 0.29) is 11.7 Å². The molecule has 0 fully saturated rings. The molecule has 0 aliphatic rings. The molecule has 0 bridgehead atoms. The number of halogens is 1. The number of rotatable bonds is 5. The van der Waals surface area contributed by atoms with E-state index in [4.69, 9.17) is 16.3 Å². The number of fused-ring (bicyclic) bond motifs is 3. The van der Waals surface area contributed by atoms with Gasteiger partial charge in [0.25, 0.3) is 0 Å². The van der Waals surface area contributed by atoms with Gasteiger partial charge in [0.05, 0.1) is 18.4 Å². The average molecular weight is 413 g/mol. The highest BCUT2D eigenvalue weighted by Crippen LogP contribution is 2.32. The van der Waals surface area contributed by atoms with Crippen molar-refractivity contribution in [2.24, 2.45) is 0 Å². The van der Waals surface area contributed by atoms with Gasteiger partial charge in [0.2, 0.25) is 5.91 Å². The van der Waals surface area contributed by atoms with Gasteiger partial charge in [0.15, 0.2) is 0 Å². The van der Waals surface area contributed by atoms with E-state index < -0.39 is 0 Å². The summed E-state index contributed by atoms with van der Waals surface area (Å²) in [5, 5.41) is 5.19. The summed E-state index contributed by atoms with van der Waals surface area (Å²) < 4.78 is 5.30. The van der Waals surface area contributed by atoms with Gasteiger partial charge in [-0.3, -0.25) is 4.79 Å². The third kappa shape index (κ3) is 3.50. The predicted molar refractivity (Wildman–Crippen MR) is 113 cm³/mol. The molecule has 0 saturated carbocycles. The minimum absolute atomic E-state index is 0.125. The third-order valence-corrected chi connectivity index (χ3v) is 5.83. The van der Waals surface area contributed by atoms with E-state index >= 15 is 0 Å². The lowest BCUT2D eigenvalue weighted by molar-refractivity contribution is -0.113. The van der Waals surface area contributed by atoms with Gasteiger partial charge in [0, 0.05) is 21.6 Å². The van der Waals surface area contributed by atoms with Gasteiger partial charge < -0.3 is 15.0 Å². The molecule has 2 aromatic heterocycles. The highest BCUT2D eigenvalue weighted by molar-refractivity contribution is 8.00. The zero-order valence-corrected chi connectivity index (χ0v) is 16.8. The maximum Gasteiger partial charge on any atom is 0.234 e. The van der Waals surface area contributed by atoms with Gasteiger partial charge in [-0.1, -0.05) is 29.4 Å². The third-order valence-electron chi connectivity index (χ3n) is 4.44. The first-order valence-electron chi connectivity index (χ1n) is 8.55. The van der Waals surface area contributed by atoms with Crippen molar-refractivity contribution in [2.45, 2.75) is 11.9 Å². The summed E-state index contributed by atoms with van der Waals surface area (Å²) in [6.45, 7) is 1.87. The first kappa shape index (κ1) is 18.6. The van der Waals surface area contributed by atoms with E-state index in [0.29, 0.717) is 10.7 Å². The monoisotopic (exact) mass is 412 g/mol. The standard InChI is InChI=1S/C20H17ClN4O2S/c1-11-14(21)4-3-5-15(11)24-17(26)9-28-20-19-18(22-10-23-20)13-8-12(27-2)6-7-16(13)25-19/h3-8,10,25H,9H2,1-2H3,(H,24,26). The first-order chi connectivity index (χ1) is 13.6. The van der Waals surface area contributed by atoms with Crippen LogP contribution in [0.5, 0.6) is 5.75 Å². The fraction of sp³-hybridized carbons (Fsp3) is 0.150. The van der Waals surface area contributed by atoms with Crippen molar-refractivity contribution in [1.29, 1.82) is 0 Å². The van der Waals surface area contributed by atoms with Gasteiger partial charge in [0.1, 0.15) is 22.6 Å². The predicted octanol–water partition coefficient (Wildman–Crippen LogP) is 4.81. The molecule has 4 rings (SSSR count). The quantitative estimate of drug-likeness (QED) is 0.363. The Hall–Kier alpha value is -2.77. The molecule has 1 amide bonds. The number of amides is 1. The number of aromatic amines is 1. The second-order valence-corrected chi connectivity index (χ2v) is 7.56. The summed E-state index contributed by atoms with van der Waals surface area (Å²) in [5.41, 5.74) is 4.11. The molecular weight excluding hydrogens is 396 g/mol. The Kier molecular flexibility index (Phi) is 5.11. The molecule has 2 N–H and O–H groups in total. The van der Waals surface area contributed by atoms with Crippen LogP contribution in [0.25, 0.3) is 21.9 Å². The molecule has 0 saturated heterocycles. The first-order valence-corrected chi connectivity index (χ1v) is 9.91.